The van der Waals surface area contributed by atoms with E-state index in [1.54, 1.807) is 0 Å². The van der Waals surface area contributed by atoms with Crippen LogP contribution < -0.4 is 20.1 Å². The second kappa shape index (κ2) is 9.18. The van der Waals surface area contributed by atoms with E-state index in [4.69, 9.17) is 14.2 Å². The number of aromatic hydroxyl groups is 1. The molecule has 0 aromatic heterocycles. The molecule has 2 aromatic carbocycles. The number of amides is 2. The Morgan fingerprint density at radius 2 is 1.69 bits per heavy atom. The Hall–Kier alpha value is -3.73. The Labute approximate surface area is 184 Å². The van der Waals surface area contributed by atoms with E-state index in [1.807, 2.05) is 0 Å². The largest absolute Gasteiger partial charge is 0.508 e. The van der Waals surface area contributed by atoms with Crippen LogP contribution in [-0.2, 0) is 19.4 Å². The summed E-state index contributed by atoms with van der Waals surface area (Å²) in [5.74, 6) is -0.924. The number of esters is 1. The molecule has 2 aromatic rings. The van der Waals surface area contributed by atoms with Gasteiger partial charge in [0.25, 0.3) is 0 Å². The van der Waals surface area contributed by atoms with E-state index in [1.165, 1.54) is 56.7 Å². The molecule has 0 saturated carbocycles. The minimum Gasteiger partial charge on any atom is -0.508 e. The number of phenols is 1. The Bertz CT molecular complexity index is 1170. The van der Waals surface area contributed by atoms with E-state index in [0.29, 0.717) is 11.3 Å². The number of carbonyl (C=O) groups excluding carboxylic acids is 2. The van der Waals surface area contributed by atoms with Gasteiger partial charge in [0.05, 0.1) is 43.6 Å². The zero-order chi connectivity index (χ0) is 23.5. The van der Waals surface area contributed by atoms with Gasteiger partial charge < -0.3 is 30.0 Å². The molecular weight excluding hydrogens is 440 g/mol. The van der Waals surface area contributed by atoms with Gasteiger partial charge in [0.15, 0.2) is 21.3 Å². The number of rotatable bonds is 7. The predicted octanol–water partition coefficient (Wildman–Crippen LogP) is 1.66. The Morgan fingerprint density at radius 3 is 2.28 bits per heavy atom. The molecule has 1 unspecified atom stereocenters. The summed E-state index contributed by atoms with van der Waals surface area (Å²) in [6.45, 7) is 0. The lowest BCUT2D eigenvalue weighted by Gasteiger charge is -2.29. The first-order valence-corrected chi connectivity index (χ1v) is 11.0. The lowest BCUT2D eigenvalue weighted by atomic mass is 9.95. The quantitative estimate of drug-likeness (QED) is 0.528. The fraction of sp³-hybridized carbons (Fsp3) is 0.238. The topological polar surface area (TPSA) is 140 Å². The molecule has 11 heteroatoms. The lowest BCUT2D eigenvalue weighted by molar-refractivity contribution is -0.136. The number of benzene rings is 2. The van der Waals surface area contributed by atoms with E-state index in [2.05, 4.69) is 10.6 Å². The monoisotopic (exact) mass is 462 g/mol. The molecule has 1 atom stereocenters. The van der Waals surface area contributed by atoms with E-state index >= 15 is 0 Å². The van der Waals surface area contributed by atoms with E-state index in [0.717, 1.165) is 7.11 Å². The molecule has 3 N–H and O–H groups in total. The molecule has 0 saturated heterocycles. The maximum atomic E-state index is 13.1. The molecule has 0 fully saturated rings. The van der Waals surface area contributed by atoms with Crippen molar-refractivity contribution in [2.45, 2.75) is 10.9 Å². The highest BCUT2D eigenvalue weighted by molar-refractivity contribution is 7.91. The second-order valence-electron chi connectivity index (χ2n) is 6.78. The fourth-order valence-corrected chi connectivity index (χ4v) is 4.62. The molecule has 0 radical (unpaired) electrons. The number of nitrogens with one attached hydrogen (secondary N) is 2. The van der Waals surface area contributed by atoms with Crippen molar-refractivity contribution in [1.29, 1.82) is 0 Å². The number of carbonyl (C=O) groups is 2. The number of urea groups is 1. The number of sulfone groups is 1. The van der Waals surface area contributed by atoms with Gasteiger partial charge in [-0.1, -0.05) is 12.1 Å². The van der Waals surface area contributed by atoms with Crippen molar-refractivity contribution in [1.82, 2.24) is 10.6 Å². The Kier molecular flexibility index (Phi) is 6.58. The van der Waals surface area contributed by atoms with E-state index in [-0.39, 0.29) is 27.7 Å². The molecule has 0 aliphatic carbocycles. The number of methoxy groups -OCH3 is 3. The molecule has 32 heavy (non-hydrogen) atoms. The van der Waals surface area contributed by atoms with Crippen LogP contribution in [0.1, 0.15) is 11.6 Å². The van der Waals surface area contributed by atoms with Gasteiger partial charge in [0, 0.05) is 11.8 Å². The van der Waals surface area contributed by atoms with Crippen LogP contribution in [0.15, 0.2) is 58.6 Å². The first-order chi connectivity index (χ1) is 15.2. The summed E-state index contributed by atoms with van der Waals surface area (Å²) in [5.41, 5.74) is 0.273. The van der Waals surface area contributed by atoms with Crippen molar-refractivity contribution in [2.24, 2.45) is 0 Å². The number of phenolic OH excluding ortho intramolecular Hbond substituents is 1. The second-order valence-corrected chi connectivity index (χ2v) is 8.77. The van der Waals surface area contributed by atoms with Crippen LogP contribution in [0.4, 0.5) is 4.79 Å². The van der Waals surface area contributed by atoms with Crippen LogP contribution >= 0.6 is 0 Å². The average molecular weight is 462 g/mol. The molecule has 170 valence electrons. The highest BCUT2D eigenvalue weighted by Gasteiger charge is 2.35. The van der Waals surface area contributed by atoms with Crippen molar-refractivity contribution in [2.75, 3.05) is 27.1 Å². The van der Waals surface area contributed by atoms with Crippen LogP contribution in [0.2, 0.25) is 0 Å². The zero-order valence-electron chi connectivity index (χ0n) is 17.5. The van der Waals surface area contributed by atoms with E-state index < -0.39 is 33.6 Å². The molecule has 0 spiro atoms. The van der Waals surface area contributed by atoms with Gasteiger partial charge in [0.2, 0.25) is 0 Å². The molecule has 2 amide bonds. The summed E-state index contributed by atoms with van der Waals surface area (Å²) in [6.07, 6.45) is 0. The number of ether oxygens (including phenoxy) is 3. The normalized spacial score (nSPS) is 16.1. The van der Waals surface area contributed by atoms with Crippen molar-refractivity contribution >= 4 is 21.8 Å². The Balaban J connectivity index is 2.08. The fourth-order valence-electron chi connectivity index (χ4n) is 3.28. The first-order valence-electron chi connectivity index (χ1n) is 9.32. The van der Waals surface area contributed by atoms with Gasteiger partial charge in [0.1, 0.15) is 5.75 Å². The zero-order valence-corrected chi connectivity index (χ0v) is 18.4. The van der Waals surface area contributed by atoms with Gasteiger partial charge in [-0.25, -0.2) is 18.0 Å². The summed E-state index contributed by atoms with van der Waals surface area (Å²) in [7, 11) is -0.0582. The third-order valence-electron chi connectivity index (χ3n) is 4.83. The van der Waals surface area contributed by atoms with Crippen molar-refractivity contribution in [3.63, 3.8) is 0 Å². The predicted molar refractivity (Wildman–Crippen MR) is 113 cm³/mol. The molecule has 1 aliphatic rings. The summed E-state index contributed by atoms with van der Waals surface area (Å²) < 4.78 is 41.4. The van der Waals surface area contributed by atoms with Crippen LogP contribution in [0.5, 0.6) is 17.2 Å². The third kappa shape index (κ3) is 4.62. The van der Waals surface area contributed by atoms with Crippen LogP contribution in [0, 0.1) is 0 Å². The first kappa shape index (κ1) is 22.9. The molecular formula is C21H22N2O8S. The SMILES string of the molecule is COC(=O)C1=C(CS(=O)(=O)c2ccc(OC)c(OC)c2)NC(=O)NC1c1ccc(O)cc1. The standard InChI is InChI=1S/C21H22N2O8S/c1-29-16-9-8-14(10-17(16)30-2)32(27,28)11-15-18(20(25)31-3)19(23-21(26)22-15)12-4-6-13(24)7-5-12/h4-10,19,24H,11H2,1-3H3,(H2,22,23,26). The summed E-state index contributed by atoms with van der Waals surface area (Å²) >= 11 is 0. The highest BCUT2D eigenvalue weighted by Crippen LogP contribution is 2.32. The minimum absolute atomic E-state index is 0.00568. The smallest absolute Gasteiger partial charge is 0.338 e. The van der Waals surface area contributed by atoms with E-state index in [9.17, 15) is 23.1 Å². The number of hydrogen-bond donors (Lipinski definition) is 3. The van der Waals surface area contributed by atoms with Gasteiger partial charge in [-0.05, 0) is 29.8 Å². The maximum Gasteiger partial charge on any atom is 0.338 e. The summed E-state index contributed by atoms with van der Waals surface area (Å²) in [4.78, 5) is 24.8. The molecule has 0 bridgehead atoms. The molecule has 10 nitrogen and oxygen atoms in total. The van der Waals surface area contributed by atoms with Crippen LogP contribution in [0.25, 0.3) is 0 Å². The summed E-state index contributed by atoms with van der Waals surface area (Å²) in [5, 5.41) is 14.5. The van der Waals surface area contributed by atoms with Crippen LogP contribution in [-0.4, -0.2) is 52.6 Å². The molecule has 1 aliphatic heterocycles. The molecule has 3 rings (SSSR count). The Morgan fingerprint density at radius 1 is 1.03 bits per heavy atom. The highest BCUT2D eigenvalue weighted by atomic mass is 32.2. The van der Waals surface area contributed by atoms with Gasteiger partial charge >= 0.3 is 12.0 Å². The third-order valence-corrected chi connectivity index (χ3v) is 6.47. The lowest BCUT2D eigenvalue weighted by Crippen LogP contribution is -2.47. The van der Waals surface area contributed by atoms with Gasteiger partial charge in [-0.15, -0.1) is 0 Å². The van der Waals surface area contributed by atoms with Gasteiger partial charge in [-0.2, -0.15) is 0 Å². The van der Waals surface area contributed by atoms with Gasteiger partial charge in [-0.3, -0.25) is 0 Å². The van der Waals surface area contributed by atoms with Crippen molar-refractivity contribution in [3.05, 3.63) is 59.3 Å². The van der Waals surface area contributed by atoms with Crippen molar-refractivity contribution in [3.8, 4) is 17.2 Å². The minimum atomic E-state index is -4.01. The van der Waals surface area contributed by atoms with Crippen LogP contribution in [0.3, 0.4) is 0 Å². The molecule has 1 heterocycles. The van der Waals surface area contributed by atoms with Crippen molar-refractivity contribution < 1.29 is 37.3 Å². The average Bonchev–Trinajstić information content (AvgIpc) is 2.77. The number of hydrogen-bond acceptors (Lipinski definition) is 8. The maximum absolute atomic E-state index is 13.1. The summed E-state index contributed by atoms with van der Waals surface area (Å²) in [6, 6.07) is 8.21.